The van der Waals surface area contributed by atoms with Gasteiger partial charge < -0.3 is 9.84 Å². The van der Waals surface area contributed by atoms with E-state index < -0.39 is 0 Å². The summed E-state index contributed by atoms with van der Waals surface area (Å²) in [5, 5.41) is 11.4. The Kier molecular flexibility index (Phi) is 3.79. The van der Waals surface area contributed by atoms with Crippen LogP contribution in [-0.4, -0.2) is 33.0 Å². The summed E-state index contributed by atoms with van der Waals surface area (Å²) in [4.78, 5) is 4.42. The summed E-state index contributed by atoms with van der Waals surface area (Å²) >= 11 is 0. The molecule has 1 aromatic carbocycles. The zero-order chi connectivity index (χ0) is 14.7. The Morgan fingerprint density at radius 2 is 2.10 bits per heavy atom. The lowest BCUT2D eigenvalue weighted by atomic mass is 10.2. The van der Waals surface area contributed by atoms with E-state index in [0.29, 0.717) is 17.8 Å². The van der Waals surface area contributed by atoms with Crippen molar-refractivity contribution in [1.29, 1.82) is 0 Å². The maximum atomic E-state index is 5.32. The molecule has 1 atom stereocenters. The van der Waals surface area contributed by atoms with E-state index in [1.807, 2.05) is 43.6 Å². The fourth-order valence-corrected chi connectivity index (χ4v) is 2.01. The molecule has 0 fully saturated rings. The van der Waals surface area contributed by atoms with Crippen LogP contribution in [0.25, 0.3) is 17.1 Å². The molecule has 108 valence electrons. The summed E-state index contributed by atoms with van der Waals surface area (Å²) in [5.41, 5.74) is 1.90. The van der Waals surface area contributed by atoms with Gasteiger partial charge in [-0.25, -0.2) is 4.68 Å². The number of aromatic nitrogens is 4. The molecule has 0 radical (unpaired) electrons. The SMILES string of the molecule is CNC(C)Cc1noc(-c2ccc(-n3cccn3)cc2)n1. The van der Waals surface area contributed by atoms with Crippen molar-refractivity contribution in [2.75, 3.05) is 7.05 Å². The first-order valence-corrected chi connectivity index (χ1v) is 6.86. The molecule has 21 heavy (non-hydrogen) atoms. The second-order valence-corrected chi connectivity index (χ2v) is 4.91. The van der Waals surface area contributed by atoms with Gasteiger partial charge >= 0.3 is 0 Å². The Bertz CT molecular complexity index is 687. The van der Waals surface area contributed by atoms with E-state index in [2.05, 4.69) is 27.5 Å². The van der Waals surface area contributed by atoms with Crippen molar-refractivity contribution < 1.29 is 4.52 Å². The van der Waals surface area contributed by atoms with Crippen LogP contribution in [0.3, 0.4) is 0 Å². The quantitative estimate of drug-likeness (QED) is 0.776. The van der Waals surface area contributed by atoms with Gasteiger partial charge in [-0.3, -0.25) is 0 Å². The second kappa shape index (κ2) is 5.88. The van der Waals surface area contributed by atoms with E-state index in [1.54, 1.807) is 10.9 Å². The van der Waals surface area contributed by atoms with Crippen LogP contribution in [0.5, 0.6) is 0 Å². The molecule has 2 heterocycles. The van der Waals surface area contributed by atoms with Gasteiger partial charge in [-0.2, -0.15) is 10.1 Å². The summed E-state index contributed by atoms with van der Waals surface area (Å²) in [6.07, 6.45) is 4.39. The predicted octanol–water partition coefficient (Wildman–Crippen LogP) is 2.07. The highest BCUT2D eigenvalue weighted by molar-refractivity contribution is 5.55. The van der Waals surface area contributed by atoms with Gasteiger partial charge in [0.15, 0.2) is 5.82 Å². The molecule has 0 aliphatic heterocycles. The summed E-state index contributed by atoms with van der Waals surface area (Å²) in [5.74, 6) is 1.25. The van der Waals surface area contributed by atoms with Crippen LogP contribution in [0.2, 0.25) is 0 Å². The Morgan fingerprint density at radius 3 is 2.76 bits per heavy atom. The number of nitrogens with zero attached hydrogens (tertiary/aromatic N) is 4. The number of nitrogens with one attached hydrogen (secondary N) is 1. The van der Waals surface area contributed by atoms with Gasteiger partial charge in [0.05, 0.1) is 5.69 Å². The Labute approximate surface area is 122 Å². The highest BCUT2D eigenvalue weighted by Gasteiger charge is 2.11. The van der Waals surface area contributed by atoms with Crippen molar-refractivity contribution in [1.82, 2.24) is 25.2 Å². The Hall–Kier alpha value is -2.47. The molecule has 6 nitrogen and oxygen atoms in total. The molecule has 1 N–H and O–H groups in total. The standard InChI is InChI=1S/C15H17N5O/c1-11(16-2)10-14-18-15(21-19-14)12-4-6-13(7-5-12)20-9-3-8-17-20/h3-9,11,16H,10H2,1-2H3. The molecule has 0 aliphatic carbocycles. The minimum absolute atomic E-state index is 0.317. The van der Waals surface area contributed by atoms with Gasteiger partial charge in [0.25, 0.3) is 5.89 Å². The lowest BCUT2D eigenvalue weighted by Crippen LogP contribution is -2.24. The van der Waals surface area contributed by atoms with E-state index in [4.69, 9.17) is 4.52 Å². The first-order chi connectivity index (χ1) is 10.3. The molecule has 0 bridgehead atoms. The molecule has 3 rings (SSSR count). The topological polar surface area (TPSA) is 68.8 Å². The monoisotopic (exact) mass is 283 g/mol. The number of rotatable bonds is 5. The van der Waals surface area contributed by atoms with Crippen LogP contribution in [0.1, 0.15) is 12.7 Å². The van der Waals surface area contributed by atoms with Crippen LogP contribution in [0.4, 0.5) is 0 Å². The molecule has 0 spiro atoms. The molecule has 1 unspecified atom stereocenters. The molecule has 0 aliphatic rings. The van der Waals surface area contributed by atoms with Crippen molar-refractivity contribution in [2.45, 2.75) is 19.4 Å². The molecule has 0 saturated heterocycles. The fraction of sp³-hybridized carbons (Fsp3) is 0.267. The van der Waals surface area contributed by atoms with Crippen molar-refractivity contribution in [3.05, 3.63) is 48.5 Å². The zero-order valence-electron chi connectivity index (χ0n) is 12.0. The van der Waals surface area contributed by atoms with E-state index in [1.165, 1.54) is 0 Å². The minimum Gasteiger partial charge on any atom is -0.334 e. The lowest BCUT2D eigenvalue weighted by Gasteiger charge is -2.04. The van der Waals surface area contributed by atoms with Crippen LogP contribution in [0, 0.1) is 0 Å². The molecule has 0 saturated carbocycles. The lowest BCUT2D eigenvalue weighted by molar-refractivity contribution is 0.418. The average Bonchev–Trinajstić information content (AvgIpc) is 3.19. The van der Waals surface area contributed by atoms with Crippen LogP contribution in [0.15, 0.2) is 47.2 Å². The Morgan fingerprint density at radius 1 is 1.29 bits per heavy atom. The molecule has 3 aromatic rings. The van der Waals surface area contributed by atoms with E-state index >= 15 is 0 Å². The van der Waals surface area contributed by atoms with Crippen molar-refractivity contribution in [3.63, 3.8) is 0 Å². The number of hydrogen-bond donors (Lipinski definition) is 1. The summed E-state index contributed by atoms with van der Waals surface area (Å²) in [6, 6.07) is 10.1. The van der Waals surface area contributed by atoms with E-state index in [0.717, 1.165) is 17.7 Å². The summed E-state index contributed by atoms with van der Waals surface area (Å²) < 4.78 is 7.12. The number of hydrogen-bond acceptors (Lipinski definition) is 5. The first kappa shape index (κ1) is 13.5. The molecule has 2 aromatic heterocycles. The van der Waals surface area contributed by atoms with Crippen LogP contribution in [-0.2, 0) is 6.42 Å². The predicted molar refractivity (Wildman–Crippen MR) is 79.1 cm³/mol. The molecular weight excluding hydrogens is 266 g/mol. The largest absolute Gasteiger partial charge is 0.334 e. The molecule has 0 amide bonds. The van der Waals surface area contributed by atoms with E-state index in [9.17, 15) is 0 Å². The van der Waals surface area contributed by atoms with Gasteiger partial charge in [0.1, 0.15) is 0 Å². The van der Waals surface area contributed by atoms with Gasteiger partial charge in [-0.15, -0.1) is 0 Å². The summed E-state index contributed by atoms with van der Waals surface area (Å²) in [6.45, 7) is 2.08. The average molecular weight is 283 g/mol. The number of likely N-dealkylation sites (N-methyl/N-ethyl adjacent to an activating group) is 1. The van der Waals surface area contributed by atoms with Crippen molar-refractivity contribution in [3.8, 4) is 17.1 Å². The van der Waals surface area contributed by atoms with Crippen LogP contribution >= 0.6 is 0 Å². The smallest absolute Gasteiger partial charge is 0.257 e. The number of benzene rings is 1. The maximum Gasteiger partial charge on any atom is 0.257 e. The third-order valence-corrected chi connectivity index (χ3v) is 3.33. The summed E-state index contributed by atoms with van der Waals surface area (Å²) in [7, 11) is 1.92. The fourth-order valence-electron chi connectivity index (χ4n) is 2.01. The van der Waals surface area contributed by atoms with Gasteiger partial charge in [0.2, 0.25) is 0 Å². The normalized spacial score (nSPS) is 12.5. The molecule has 6 heteroatoms. The zero-order valence-corrected chi connectivity index (χ0v) is 12.0. The highest BCUT2D eigenvalue weighted by atomic mass is 16.5. The first-order valence-electron chi connectivity index (χ1n) is 6.86. The van der Waals surface area contributed by atoms with Crippen molar-refractivity contribution in [2.24, 2.45) is 0 Å². The third kappa shape index (κ3) is 3.00. The highest BCUT2D eigenvalue weighted by Crippen LogP contribution is 2.19. The van der Waals surface area contributed by atoms with Crippen molar-refractivity contribution >= 4 is 0 Å². The third-order valence-electron chi connectivity index (χ3n) is 3.33. The maximum absolute atomic E-state index is 5.32. The van der Waals surface area contributed by atoms with Gasteiger partial charge in [-0.1, -0.05) is 5.16 Å². The minimum atomic E-state index is 0.317. The second-order valence-electron chi connectivity index (χ2n) is 4.91. The van der Waals surface area contributed by atoms with Crippen LogP contribution < -0.4 is 5.32 Å². The van der Waals surface area contributed by atoms with Gasteiger partial charge in [0, 0.05) is 30.4 Å². The Balaban J connectivity index is 1.78. The van der Waals surface area contributed by atoms with Gasteiger partial charge in [-0.05, 0) is 44.3 Å². The van der Waals surface area contributed by atoms with E-state index in [-0.39, 0.29) is 0 Å². The molecular formula is C15H17N5O.